The van der Waals surface area contributed by atoms with E-state index in [0.29, 0.717) is 0 Å². The van der Waals surface area contributed by atoms with Gasteiger partial charge in [-0.1, -0.05) is 18.5 Å². The molecule has 1 aromatic carbocycles. The number of ether oxygens (including phenoxy) is 1. The Bertz CT molecular complexity index is 337. The summed E-state index contributed by atoms with van der Waals surface area (Å²) in [5.41, 5.74) is 7.94. The third-order valence-electron chi connectivity index (χ3n) is 2.35. The molecule has 0 radical (unpaired) electrons. The molecule has 1 aromatic rings. The minimum Gasteiger partial charge on any atom is -0.496 e. The van der Waals surface area contributed by atoms with Gasteiger partial charge in [0.15, 0.2) is 0 Å². The maximum Gasteiger partial charge on any atom is 0.123 e. The highest BCUT2D eigenvalue weighted by molar-refractivity contribution is 6.31. The zero-order valence-corrected chi connectivity index (χ0v) is 10.3. The lowest BCUT2D eigenvalue weighted by Crippen LogP contribution is -2.17. The van der Waals surface area contributed by atoms with Crippen LogP contribution in [0.1, 0.15) is 25.0 Å². The summed E-state index contributed by atoms with van der Waals surface area (Å²) >= 11 is 6.18. The highest BCUT2D eigenvalue weighted by Crippen LogP contribution is 2.29. The summed E-state index contributed by atoms with van der Waals surface area (Å²) in [5.74, 6) is 0.862. The van der Waals surface area contributed by atoms with Gasteiger partial charge in [-0.3, -0.25) is 0 Å². The number of nitrogens with two attached hydrogens (primary N) is 1. The van der Waals surface area contributed by atoms with Crippen LogP contribution >= 0.6 is 11.6 Å². The van der Waals surface area contributed by atoms with Crippen molar-refractivity contribution in [2.24, 2.45) is 5.73 Å². The van der Waals surface area contributed by atoms with Crippen LogP contribution in [0.15, 0.2) is 12.1 Å². The van der Waals surface area contributed by atoms with Crippen LogP contribution in [0.3, 0.4) is 0 Å². The minimum absolute atomic E-state index is 0.137. The molecule has 3 heteroatoms. The zero-order chi connectivity index (χ0) is 11.4. The van der Waals surface area contributed by atoms with E-state index in [1.165, 1.54) is 0 Å². The molecule has 1 atom stereocenters. The summed E-state index contributed by atoms with van der Waals surface area (Å²) in [6.45, 7) is 4.04. The maximum absolute atomic E-state index is 6.18. The second kappa shape index (κ2) is 5.38. The molecule has 0 aliphatic heterocycles. The largest absolute Gasteiger partial charge is 0.496 e. The Morgan fingerprint density at radius 1 is 1.47 bits per heavy atom. The van der Waals surface area contributed by atoms with Crippen molar-refractivity contribution in [3.05, 3.63) is 28.3 Å². The Morgan fingerprint density at radius 2 is 2.13 bits per heavy atom. The molecular weight excluding hydrogens is 210 g/mol. The fourth-order valence-corrected chi connectivity index (χ4v) is 2.05. The van der Waals surface area contributed by atoms with Gasteiger partial charge in [-0.25, -0.2) is 0 Å². The Kier molecular flexibility index (Phi) is 4.43. The van der Waals surface area contributed by atoms with Crippen LogP contribution in [0.5, 0.6) is 5.75 Å². The summed E-state index contributed by atoms with van der Waals surface area (Å²) < 4.78 is 5.31. The van der Waals surface area contributed by atoms with Crippen molar-refractivity contribution in [1.29, 1.82) is 0 Å². The molecule has 0 aliphatic carbocycles. The predicted octanol–water partition coefficient (Wildman–Crippen LogP) is 2.80. The fraction of sp³-hybridized carbons (Fsp3) is 0.500. The molecule has 1 unspecified atom stereocenters. The van der Waals surface area contributed by atoms with Gasteiger partial charge in [0.05, 0.1) is 7.11 Å². The van der Waals surface area contributed by atoms with E-state index in [1.807, 2.05) is 19.1 Å². The lowest BCUT2D eigenvalue weighted by atomic mass is 10.0. The van der Waals surface area contributed by atoms with Gasteiger partial charge in [0.1, 0.15) is 5.75 Å². The first-order chi connectivity index (χ1) is 7.08. The van der Waals surface area contributed by atoms with E-state index >= 15 is 0 Å². The van der Waals surface area contributed by atoms with E-state index in [9.17, 15) is 0 Å². The smallest absolute Gasteiger partial charge is 0.123 e. The highest BCUT2D eigenvalue weighted by atomic mass is 35.5. The number of hydrogen-bond acceptors (Lipinski definition) is 2. The number of benzene rings is 1. The van der Waals surface area contributed by atoms with E-state index < -0.39 is 0 Å². The molecule has 0 heterocycles. The molecule has 0 spiro atoms. The van der Waals surface area contributed by atoms with E-state index in [4.69, 9.17) is 22.1 Å². The molecule has 2 nitrogen and oxygen atoms in total. The number of halogens is 1. The van der Waals surface area contributed by atoms with Crippen LogP contribution in [0, 0.1) is 0 Å². The lowest BCUT2D eigenvalue weighted by Gasteiger charge is -2.12. The van der Waals surface area contributed by atoms with Gasteiger partial charge in [-0.05, 0) is 37.5 Å². The highest BCUT2D eigenvalue weighted by Gasteiger charge is 2.09. The molecule has 2 N–H and O–H groups in total. The van der Waals surface area contributed by atoms with Crippen molar-refractivity contribution in [2.45, 2.75) is 32.7 Å². The molecule has 0 aromatic heterocycles. The lowest BCUT2D eigenvalue weighted by molar-refractivity contribution is 0.409. The molecule has 0 bridgehead atoms. The van der Waals surface area contributed by atoms with Gasteiger partial charge in [0, 0.05) is 16.6 Å². The van der Waals surface area contributed by atoms with Gasteiger partial charge in [0.2, 0.25) is 0 Å². The average molecular weight is 228 g/mol. The second-order valence-corrected chi connectivity index (χ2v) is 4.20. The average Bonchev–Trinajstić information content (AvgIpc) is 2.15. The monoisotopic (exact) mass is 227 g/mol. The molecule has 0 amide bonds. The van der Waals surface area contributed by atoms with Gasteiger partial charge in [0.25, 0.3) is 0 Å². The summed E-state index contributed by atoms with van der Waals surface area (Å²) in [4.78, 5) is 0. The first-order valence-corrected chi connectivity index (χ1v) is 5.57. The Labute approximate surface area is 96.4 Å². The van der Waals surface area contributed by atoms with Gasteiger partial charge < -0.3 is 10.5 Å². The van der Waals surface area contributed by atoms with Gasteiger partial charge >= 0.3 is 0 Å². The maximum atomic E-state index is 6.18. The molecule has 0 saturated carbocycles. The molecule has 1 rings (SSSR count). The first kappa shape index (κ1) is 12.3. The Balaban J connectivity index is 3.08. The second-order valence-electron chi connectivity index (χ2n) is 3.79. The summed E-state index contributed by atoms with van der Waals surface area (Å²) in [6.07, 6.45) is 1.69. The van der Waals surface area contributed by atoms with Gasteiger partial charge in [-0.15, -0.1) is 0 Å². The molecule has 15 heavy (non-hydrogen) atoms. The van der Waals surface area contributed by atoms with Crippen molar-refractivity contribution in [2.75, 3.05) is 7.11 Å². The minimum atomic E-state index is 0.137. The predicted molar refractivity (Wildman–Crippen MR) is 64.7 cm³/mol. The Morgan fingerprint density at radius 3 is 2.60 bits per heavy atom. The van der Waals surface area contributed by atoms with Crippen LogP contribution in [-0.2, 0) is 12.8 Å². The first-order valence-electron chi connectivity index (χ1n) is 5.19. The van der Waals surface area contributed by atoms with E-state index in [1.54, 1.807) is 7.11 Å². The van der Waals surface area contributed by atoms with Crippen molar-refractivity contribution in [3.63, 3.8) is 0 Å². The number of methoxy groups -OCH3 is 1. The topological polar surface area (TPSA) is 35.2 Å². The van der Waals surface area contributed by atoms with Crippen molar-refractivity contribution in [1.82, 2.24) is 0 Å². The van der Waals surface area contributed by atoms with Crippen LogP contribution in [0.2, 0.25) is 5.02 Å². The third kappa shape index (κ3) is 3.11. The zero-order valence-electron chi connectivity index (χ0n) is 9.51. The Hall–Kier alpha value is -0.730. The van der Waals surface area contributed by atoms with Crippen molar-refractivity contribution < 1.29 is 4.74 Å². The van der Waals surface area contributed by atoms with E-state index in [-0.39, 0.29) is 6.04 Å². The van der Waals surface area contributed by atoms with Crippen LogP contribution in [0.4, 0.5) is 0 Å². The molecular formula is C12H18ClNO. The summed E-state index contributed by atoms with van der Waals surface area (Å²) in [5, 5.41) is 0.771. The number of hydrogen-bond donors (Lipinski definition) is 1. The molecule has 84 valence electrons. The van der Waals surface area contributed by atoms with Crippen molar-refractivity contribution >= 4 is 11.6 Å². The quantitative estimate of drug-likeness (QED) is 0.859. The summed E-state index contributed by atoms with van der Waals surface area (Å²) in [6, 6.07) is 4.14. The van der Waals surface area contributed by atoms with Crippen LogP contribution < -0.4 is 10.5 Å². The summed E-state index contributed by atoms with van der Waals surface area (Å²) in [7, 11) is 1.67. The van der Waals surface area contributed by atoms with Gasteiger partial charge in [-0.2, -0.15) is 0 Å². The number of rotatable bonds is 4. The molecule has 0 saturated heterocycles. The van der Waals surface area contributed by atoms with E-state index in [2.05, 4.69) is 6.92 Å². The molecule has 0 aliphatic rings. The SMILES string of the molecule is CCc1c(Cl)cc(CC(C)N)cc1OC. The molecule has 0 fully saturated rings. The third-order valence-corrected chi connectivity index (χ3v) is 2.68. The van der Waals surface area contributed by atoms with Crippen LogP contribution in [-0.4, -0.2) is 13.2 Å². The fourth-order valence-electron chi connectivity index (χ4n) is 1.68. The standard InChI is InChI=1S/C12H18ClNO/c1-4-10-11(13)6-9(5-8(2)14)7-12(10)15-3/h6-8H,4-5,14H2,1-3H3. The van der Waals surface area contributed by atoms with Crippen molar-refractivity contribution in [3.8, 4) is 5.75 Å². The normalized spacial score (nSPS) is 12.6. The van der Waals surface area contributed by atoms with Crippen LogP contribution in [0.25, 0.3) is 0 Å². The van der Waals surface area contributed by atoms with E-state index in [0.717, 1.165) is 34.7 Å².